The summed E-state index contributed by atoms with van der Waals surface area (Å²) < 4.78 is 0. The first-order chi connectivity index (χ1) is 19.6. The van der Waals surface area contributed by atoms with Crippen molar-refractivity contribution in [3.8, 4) is 0 Å². The number of carboxylic acids is 1. The zero-order chi connectivity index (χ0) is 30.2. The van der Waals surface area contributed by atoms with Crippen LogP contribution in [0.3, 0.4) is 0 Å². The summed E-state index contributed by atoms with van der Waals surface area (Å²) in [5.41, 5.74) is 6.87. The van der Waals surface area contributed by atoms with Crippen LogP contribution < -0.4 is 21.7 Å². The van der Waals surface area contributed by atoms with Crippen LogP contribution in [0.1, 0.15) is 76.7 Å². The van der Waals surface area contributed by atoms with E-state index in [1.807, 2.05) is 24.3 Å². The molecule has 1 radical (unpaired) electrons. The molecule has 0 unspecified atom stereocenters. The third-order valence-electron chi connectivity index (χ3n) is 6.63. The first kappa shape index (κ1) is 33.0. The zero-order valence-electron chi connectivity index (χ0n) is 23.4. The van der Waals surface area contributed by atoms with Crippen LogP contribution in [0.4, 0.5) is 0 Å². The fraction of sp³-hybridized carbons (Fsp3) is 0.517. The lowest BCUT2D eigenvalue weighted by Crippen LogP contribution is -2.56. The minimum Gasteiger partial charge on any atom is -0.481 e. The molecule has 1 aromatic carbocycles. The van der Waals surface area contributed by atoms with Gasteiger partial charge in [-0.2, -0.15) is 0 Å². The van der Waals surface area contributed by atoms with E-state index in [2.05, 4.69) is 27.9 Å². The summed E-state index contributed by atoms with van der Waals surface area (Å²) in [5, 5.41) is 17.1. The van der Waals surface area contributed by atoms with Crippen LogP contribution in [0.5, 0.6) is 0 Å². The number of rotatable bonds is 20. The van der Waals surface area contributed by atoms with E-state index in [-0.39, 0.29) is 18.7 Å². The van der Waals surface area contributed by atoms with Crippen molar-refractivity contribution >= 4 is 46.8 Å². The normalized spacial score (nSPS) is 13.1. The Morgan fingerprint density at radius 2 is 1.56 bits per heavy atom. The Morgan fingerprint density at radius 1 is 0.902 bits per heavy atom. The number of carbonyl (C=O) groups is 5. The fourth-order valence-corrected chi connectivity index (χ4v) is 4.49. The van der Waals surface area contributed by atoms with Gasteiger partial charge in [0.25, 0.3) is 0 Å². The number of aliphatic carboxylic acids is 1. The summed E-state index contributed by atoms with van der Waals surface area (Å²) in [6.07, 6.45) is 9.32. The van der Waals surface area contributed by atoms with Crippen LogP contribution in [0.2, 0.25) is 0 Å². The third-order valence-corrected chi connectivity index (χ3v) is 6.63. The number of benzene rings is 1. The van der Waals surface area contributed by atoms with Gasteiger partial charge in [-0.25, -0.2) is 0 Å². The van der Waals surface area contributed by atoms with Crippen LogP contribution in [0.15, 0.2) is 30.5 Å². The SMILES string of the molecule is CCCCCCCCCC(=O)N[C@@H](Cc1c[nH]c2ccccc12)C(=O)N[C@@H](CC(N)=O)C(=O)N[C@H]([C]=O)CC(=O)O. The monoisotopic (exact) mass is 570 g/mol. The van der Waals surface area contributed by atoms with E-state index in [4.69, 9.17) is 10.8 Å². The Morgan fingerprint density at radius 3 is 2.22 bits per heavy atom. The van der Waals surface area contributed by atoms with Gasteiger partial charge < -0.3 is 31.8 Å². The summed E-state index contributed by atoms with van der Waals surface area (Å²) in [6, 6.07) is 3.36. The Bertz CT molecular complexity index is 1200. The molecule has 0 saturated carbocycles. The maximum Gasteiger partial charge on any atom is 0.305 e. The minimum atomic E-state index is -1.50. The maximum atomic E-state index is 13.4. The lowest BCUT2D eigenvalue weighted by Gasteiger charge is -2.23. The lowest BCUT2D eigenvalue weighted by molar-refractivity contribution is -0.138. The van der Waals surface area contributed by atoms with Crippen molar-refractivity contribution in [3.05, 3.63) is 36.0 Å². The van der Waals surface area contributed by atoms with Gasteiger partial charge in [0.1, 0.15) is 18.1 Å². The van der Waals surface area contributed by atoms with E-state index in [0.29, 0.717) is 6.42 Å². The van der Waals surface area contributed by atoms with Gasteiger partial charge >= 0.3 is 5.97 Å². The molecule has 2 aromatic rings. The summed E-state index contributed by atoms with van der Waals surface area (Å²) in [7, 11) is 0. The number of hydrogen-bond donors (Lipinski definition) is 6. The summed E-state index contributed by atoms with van der Waals surface area (Å²) in [4.78, 5) is 75.8. The number of aromatic amines is 1. The topological polar surface area (TPSA) is 201 Å². The number of nitrogens with two attached hydrogens (primary N) is 1. The van der Waals surface area contributed by atoms with Crippen LogP contribution in [0, 0.1) is 0 Å². The Balaban J connectivity index is 2.15. The average Bonchev–Trinajstić information content (AvgIpc) is 3.33. The molecule has 12 nitrogen and oxygen atoms in total. The number of nitrogens with one attached hydrogen (secondary N) is 4. The van der Waals surface area contributed by atoms with Crippen LogP contribution in [-0.2, 0) is 35.2 Å². The number of H-pyrrole nitrogens is 1. The van der Waals surface area contributed by atoms with Gasteiger partial charge in [-0.3, -0.25) is 28.8 Å². The molecule has 3 atom stereocenters. The number of unbranched alkanes of at least 4 members (excludes halogenated alkanes) is 6. The highest BCUT2D eigenvalue weighted by Gasteiger charge is 2.30. The van der Waals surface area contributed by atoms with Crippen molar-refractivity contribution in [1.29, 1.82) is 0 Å². The van der Waals surface area contributed by atoms with Gasteiger partial charge in [-0.15, -0.1) is 0 Å². The summed E-state index contributed by atoms with van der Waals surface area (Å²) in [5.74, 6) is -4.31. The van der Waals surface area contributed by atoms with Gasteiger partial charge in [0, 0.05) is 29.9 Å². The van der Waals surface area contributed by atoms with E-state index in [9.17, 15) is 28.8 Å². The fourth-order valence-electron chi connectivity index (χ4n) is 4.49. The molecule has 0 aliphatic heterocycles. The molecular weight excluding hydrogens is 530 g/mol. The van der Waals surface area contributed by atoms with Crippen molar-refractivity contribution in [2.24, 2.45) is 5.73 Å². The number of para-hydroxylation sites is 1. The second kappa shape index (κ2) is 17.5. The maximum absolute atomic E-state index is 13.4. The van der Waals surface area contributed by atoms with Gasteiger partial charge in [-0.1, -0.05) is 63.6 Å². The molecule has 0 fully saturated rings. The zero-order valence-corrected chi connectivity index (χ0v) is 23.4. The number of aromatic nitrogens is 1. The second-order valence-corrected chi connectivity index (χ2v) is 10.1. The summed E-state index contributed by atoms with van der Waals surface area (Å²) >= 11 is 0. The van der Waals surface area contributed by atoms with E-state index in [1.165, 1.54) is 12.7 Å². The van der Waals surface area contributed by atoms with Crippen LogP contribution >= 0.6 is 0 Å². The van der Waals surface area contributed by atoms with E-state index < -0.39 is 54.7 Å². The first-order valence-corrected chi connectivity index (χ1v) is 14.0. The number of fused-ring (bicyclic) bond motifs is 1. The number of amides is 4. The van der Waals surface area contributed by atoms with Crippen molar-refractivity contribution in [2.75, 3.05) is 0 Å². The highest BCUT2D eigenvalue weighted by Crippen LogP contribution is 2.19. The molecule has 0 spiro atoms. The lowest BCUT2D eigenvalue weighted by atomic mass is 10.0. The molecule has 0 saturated heterocycles. The highest BCUT2D eigenvalue weighted by atomic mass is 16.4. The number of carbonyl (C=O) groups excluding carboxylic acids is 5. The molecule has 0 aliphatic rings. The quantitative estimate of drug-likeness (QED) is 0.130. The van der Waals surface area contributed by atoms with Crippen LogP contribution in [0.25, 0.3) is 10.9 Å². The van der Waals surface area contributed by atoms with Gasteiger partial charge in [0.15, 0.2) is 0 Å². The molecule has 0 bridgehead atoms. The van der Waals surface area contributed by atoms with Gasteiger partial charge in [-0.05, 0) is 18.1 Å². The number of hydrogen-bond acceptors (Lipinski definition) is 6. The molecule has 223 valence electrons. The minimum absolute atomic E-state index is 0.0905. The Kier molecular flexibility index (Phi) is 14.1. The van der Waals surface area contributed by atoms with E-state index in [1.54, 1.807) is 6.20 Å². The molecule has 41 heavy (non-hydrogen) atoms. The third kappa shape index (κ3) is 11.8. The highest BCUT2D eigenvalue weighted by molar-refractivity contribution is 5.96. The molecular formula is C29H40N5O7. The molecule has 7 N–H and O–H groups in total. The first-order valence-electron chi connectivity index (χ1n) is 14.0. The van der Waals surface area contributed by atoms with Gasteiger partial charge in [0.2, 0.25) is 29.9 Å². The standard InChI is InChI=1S/C29H40N5O7/c1-2-3-4-5-6-7-8-13-26(37)33-23(14-19-17-31-22-12-10-9-11-21(19)22)29(41)34-24(16-25(30)36)28(40)32-20(18-35)15-27(38)39/h9-12,17,20,23-24,31H,2-8,13-16H2,1H3,(H2,30,36)(H,32,40)(H,33,37)(H,34,41)(H,38,39)/t20-,23-,24-/m0/s1. The Hall–Kier alpha value is -4.22. The molecule has 12 heteroatoms. The number of carboxylic acid groups (broad SMARTS) is 1. The predicted octanol–water partition coefficient (Wildman–Crippen LogP) is 1.77. The second-order valence-electron chi connectivity index (χ2n) is 10.1. The van der Waals surface area contributed by atoms with Crippen molar-refractivity contribution in [3.63, 3.8) is 0 Å². The van der Waals surface area contributed by atoms with Crippen molar-refractivity contribution < 1.29 is 33.9 Å². The van der Waals surface area contributed by atoms with Crippen molar-refractivity contribution in [1.82, 2.24) is 20.9 Å². The summed E-state index contributed by atoms with van der Waals surface area (Å²) in [6.45, 7) is 2.15. The molecule has 2 rings (SSSR count). The average molecular weight is 571 g/mol. The smallest absolute Gasteiger partial charge is 0.305 e. The largest absolute Gasteiger partial charge is 0.481 e. The molecule has 0 aliphatic carbocycles. The van der Waals surface area contributed by atoms with Gasteiger partial charge in [0.05, 0.1) is 12.8 Å². The molecule has 4 amide bonds. The predicted molar refractivity (Wildman–Crippen MR) is 152 cm³/mol. The van der Waals surface area contributed by atoms with E-state index in [0.717, 1.165) is 48.6 Å². The molecule has 1 aromatic heterocycles. The van der Waals surface area contributed by atoms with Crippen LogP contribution in [-0.4, -0.2) is 64.1 Å². The van der Waals surface area contributed by atoms with Crippen molar-refractivity contribution in [2.45, 2.75) is 95.7 Å². The molecule has 1 heterocycles. The Labute approximate surface area is 239 Å². The number of primary amides is 1. The van der Waals surface area contributed by atoms with E-state index >= 15 is 0 Å².